The van der Waals surface area contributed by atoms with E-state index in [1.54, 1.807) is 16.9 Å². The van der Waals surface area contributed by atoms with Crippen molar-refractivity contribution in [1.82, 2.24) is 25.3 Å². The minimum Gasteiger partial charge on any atom is -0.352 e. The van der Waals surface area contributed by atoms with Crippen LogP contribution >= 0.6 is 0 Å². The molecule has 1 amide bonds. The summed E-state index contributed by atoms with van der Waals surface area (Å²) in [6.07, 6.45) is 3.28. The van der Waals surface area contributed by atoms with E-state index in [-0.39, 0.29) is 11.9 Å². The Balaban J connectivity index is 1.61. The van der Waals surface area contributed by atoms with Crippen molar-refractivity contribution in [3.63, 3.8) is 0 Å². The van der Waals surface area contributed by atoms with Crippen LogP contribution in [0.5, 0.6) is 0 Å². The lowest BCUT2D eigenvalue weighted by Crippen LogP contribution is -2.32. The van der Waals surface area contributed by atoms with Gasteiger partial charge in [-0.15, -0.1) is 5.10 Å². The standard InChI is InChI=1S/C23H25N7O/c1-4-15(2)26-23(31)22-16(3)30(28-27-22)20-7-5-6-18-14-29(11-10-19(18)20)21-9-8-17(12-24)13-25-21/h5-9,13,15H,4,10-11,14H2,1-3H3,(H,26,31)/t15-/m1/s1. The van der Waals surface area contributed by atoms with Crippen molar-refractivity contribution in [1.29, 1.82) is 5.26 Å². The smallest absolute Gasteiger partial charge is 0.273 e. The quantitative estimate of drug-likeness (QED) is 0.688. The lowest BCUT2D eigenvalue weighted by Gasteiger charge is -2.31. The summed E-state index contributed by atoms with van der Waals surface area (Å²) in [6, 6.07) is 12.0. The first kappa shape index (κ1) is 20.5. The van der Waals surface area contributed by atoms with Crippen LogP contribution in [0.15, 0.2) is 36.5 Å². The van der Waals surface area contributed by atoms with E-state index in [1.807, 2.05) is 39.0 Å². The van der Waals surface area contributed by atoms with E-state index in [1.165, 1.54) is 11.1 Å². The van der Waals surface area contributed by atoms with Crippen LogP contribution in [-0.4, -0.2) is 38.5 Å². The van der Waals surface area contributed by atoms with Gasteiger partial charge in [-0.25, -0.2) is 9.67 Å². The molecule has 3 aromatic rings. The zero-order chi connectivity index (χ0) is 22.0. The Kier molecular flexibility index (Phi) is 5.67. The molecule has 0 bridgehead atoms. The molecule has 0 fully saturated rings. The molecule has 0 radical (unpaired) electrons. The zero-order valence-electron chi connectivity index (χ0n) is 18.0. The molecule has 1 N–H and O–H groups in total. The summed E-state index contributed by atoms with van der Waals surface area (Å²) in [5, 5.41) is 20.4. The van der Waals surface area contributed by atoms with Crippen molar-refractivity contribution >= 4 is 11.7 Å². The number of benzene rings is 1. The predicted molar refractivity (Wildman–Crippen MR) is 117 cm³/mol. The molecule has 0 unspecified atom stereocenters. The van der Waals surface area contributed by atoms with Gasteiger partial charge in [-0.3, -0.25) is 4.79 Å². The van der Waals surface area contributed by atoms with Crippen molar-refractivity contribution in [2.75, 3.05) is 11.4 Å². The first-order chi connectivity index (χ1) is 15.0. The Bertz CT molecular complexity index is 1140. The molecule has 2 aromatic heterocycles. The second-order valence-electron chi connectivity index (χ2n) is 7.82. The number of fused-ring (bicyclic) bond motifs is 1. The van der Waals surface area contributed by atoms with Gasteiger partial charge in [0.1, 0.15) is 11.9 Å². The number of amides is 1. The number of nitrogens with one attached hydrogen (secondary N) is 1. The predicted octanol–water partition coefficient (Wildman–Crippen LogP) is 2.93. The largest absolute Gasteiger partial charge is 0.352 e. The molecule has 4 rings (SSSR count). The summed E-state index contributed by atoms with van der Waals surface area (Å²) in [7, 11) is 0. The monoisotopic (exact) mass is 415 g/mol. The van der Waals surface area contributed by atoms with Gasteiger partial charge in [0.15, 0.2) is 5.69 Å². The second kappa shape index (κ2) is 8.56. The van der Waals surface area contributed by atoms with Gasteiger partial charge < -0.3 is 10.2 Å². The number of pyridine rings is 1. The van der Waals surface area contributed by atoms with E-state index in [9.17, 15) is 4.79 Å². The summed E-state index contributed by atoms with van der Waals surface area (Å²) < 4.78 is 1.76. The Labute approximate surface area is 181 Å². The molecule has 8 nitrogen and oxygen atoms in total. The number of rotatable bonds is 5. The Morgan fingerprint density at radius 1 is 1.32 bits per heavy atom. The third-order valence-electron chi connectivity index (χ3n) is 5.77. The van der Waals surface area contributed by atoms with Crippen LogP contribution in [0, 0.1) is 18.3 Å². The van der Waals surface area contributed by atoms with Gasteiger partial charge in [0.2, 0.25) is 0 Å². The van der Waals surface area contributed by atoms with Gasteiger partial charge in [-0.05, 0) is 56.0 Å². The van der Waals surface area contributed by atoms with Gasteiger partial charge in [-0.2, -0.15) is 5.26 Å². The molecule has 0 saturated carbocycles. The van der Waals surface area contributed by atoms with Crippen molar-refractivity contribution in [2.24, 2.45) is 0 Å². The molecule has 1 aromatic carbocycles. The van der Waals surface area contributed by atoms with Gasteiger partial charge in [0.05, 0.1) is 16.9 Å². The van der Waals surface area contributed by atoms with Crippen LogP contribution < -0.4 is 10.2 Å². The average Bonchev–Trinajstić information content (AvgIpc) is 3.19. The third kappa shape index (κ3) is 3.99. The zero-order valence-corrected chi connectivity index (χ0v) is 18.0. The minimum atomic E-state index is -0.194. The van der Waals surface area contributed by atoms with Crippen LogP contribution in [0.4, 0.5) is 5.82 Å². The maximum Gasteiger partial charge on any atom is 0.273 e. The highest BCUT2D eigenvalue weighted by molar-refractivity contribution is 5.93. The summed E-state index contributed by atoms with van der Waals surface area (Å²) in [5.74, 6) is 0.664. The van der Waals surface area contributed by atoms with Crippen LogP contribution in [0.3, 0.4) is 0 Å². The maximum atomic E-state index is 12.6. The molecule has 158 valence electrons. The van der Waals surface area contributed by atoms with Crippen molar-refractivity contribution < 1.29 is 4.79 Å². The van der Waals surface area contributed by atoms with E-state index >= 15 is 0 Å². The van der Waals surface area contributed by atoms with Crippen LogP contribution in [0.1, 0.15) is 53.1 Å². The van der Waals surface area contributed by atoms with E-state index in [4.69, 9.17) is 5.26 Å². The second-order valence-corrected chi connectivity index (χ2v) is 7.82. The third-order valence-corrected chi connectivity index (χ3v) is 5.77. The molecule has 1 aliphatic heterocycles. The van der Waals surface area contributed by atoms with Gasteiger partial charge in [0.25, 0.3) is 5.91 Å². The topological polar surface area (TPSA) is 99.7 Å². The molecule has 0 spiro atoms. The van der Waals surface area contributed by atoms with Crippen molar-refractivity contribution in [3.8, 4) is 11.8 Å². The van der Waals surface area contributed by atoms with Crippen molar-refractivity contribution in [2.45, 2.75) is 46.2 Å². The molecule has 0 saturated heterocycles. The van der Waals surface area contributed by atoms with E-state index in [0.29, 0.717) is 11.3 Å². The lowest BCUT2D eigenvalue weighted by molar-refractivity contribution is 0.0933. The molecular weight excluding hydrogens is 390 g/mol. The van der Waals surface area contributed by atoms with Gasteiger partial charge >= 0.3 is 0 Å². The molecule has 31 heavy (non-hydrogen) atoms. The fourth-order valence-corrected chi connectivity index (χ4v) is 3.78. The fraction of sp³-hybridized carbons (Fsp3) is 0.348. The van der Waals surface area contributed by atoms with E-state index in [2.05, 4.69) is 37.6 Å². The number of carbonyl (C=O) groups is 1. The van der Waals surface area contributed by atoms with Gasteiger partial charge in [-0.1, -0.05) is 24.3 Å². The maximum absolute atomic E-state index is 12.6. The SMILES string of the molecule is CC[C@@H](C)NC(=O)c1nnn(-c2cccc3c2CCN(c2ccc(C#N)cn2)C3)c1C. The summed E-state index contributed by atoms with van der Waals surface area (Å²) in [5.41, 5.74) is 4.99. The van der Waals surface area contributed by atoms with Crippen LogP contribution in [-0.2, 0) is 13.0 Å². The fourth-order valence-electron chi connectivity index (χ4n) is 3.78. The number of hydrogen-bond acceptors (Lipinski definition) is 6. The van der Waals surface area contributed by atoms with Crippen LogP contribution in [0.2, 0.25) is 0 Å². The number of anilines is 1. The molecule has 1 aliphatic rings. The minimum absolute atomic E-state index is 0.0864. The first-order valence-electron chi connectivity index (χ1n) is 10.5. The summed E-state index contributed by atoms with van der Waals surface area (Å²) >= 11 is 0. The molecule has 8 heteroatoms. The Hall–Kier alpha value is -3.73. The number of aromatic nitrogens is 4. The van der Waals surface area contributed by atoms with E-state index < -0.39 is 0 Å². The molecular formula is C23H25N7O. The van der Waals surface area contributed by atoms with Crippen LogP contribution in [0.25, 0.3) is 5.69 Å². The molecule has 0 aliphatic carbocycles. The summed E-state index contributed by atoms with van der Waals surface area (Å²) in [6.45, 7) is 7.40. The Morgan fingerprint density at radius 3 is 2.87 bits per heavy atom. The Morgan fingerprint density at radius 2 is 2.16 bits per heavy atom. The number of nitrogens with zero attached hydrogens (tertiary/aromatic N) is 6. The number of nitriles is 1. The van der Waals surface area contributed by atoms with Gasteiger partial charge in [0, 0.05) is 25.3 Å². The number of carbonyl (C=O) groups excluding carboxylic acids is 1. The number of hydrogen-bond donors (Lipinski definition) is 1. The summed E-state index contributed by atoms with van der Waals surface area (Å²) in [4.78, 5) is 19.2. The highest BCUT2D eigenvalue weighted by atomic mass is 16.2. The van der Waals surface area contributed by atoms with Crippen molar-refractivity contribution in [3.05, 3.63) is 64.6 Å². The molecule has 3 heterocycles. The average molecular weight is 416 g/mol. The highest BCUT2D eigenvalue weighted by Crippen LogP contribution is 2.28. The first-order valence-corrected chi connectivity index (χ1v) is 10.5. The molecule has 1 atom stereocenters. The van der Waals surface area contributed by atoms with E-state index in [0.717, 1.165) is 43.1 Å². The highest BCUT2D eigenvalue weighted by Gasteiger charge is 2.24. The lowest BCUT2D eigenvalue weighted by atomic mass is 9.97. The normalized spacial score (nSPS) is 13.9.